The molecule has 0 aliphatic carbocycles. The molecule has 0 aliphatic rings. The SMILES string of the molecule is CCc1nc(N(CCC(C)C)C(=O)O)nc2cc(OC)c(-c3cnco3)cc12. The lowest BCUT2D eigenvalue weighted by Gasteiger charge is -2.20. The lowest BCUT2D eigenvalue weighted by molar-refractivity contribution is 0.201. The average molecular weight is 384 g/mol. The molecule has 8 nitrogen and oxygen atoms in total. The monoisotopic (exact) mass is 384 g/mol. The second-order valence-electron chi connectivity index (χ2n) is 6.88. The van der Waals surface area contributed by atoms with E-state index < -0.39 is 6.09 Å². The number of aromatic nitrogens is 3. The van der Waals surface area contributed by atoms with E-state index in [-0.39, 0.29) is 5.95 Å². The topological polar surface area (TPSA) is 102 Å². The Balaban J connectivity index is 2.15. The van der Waals surface area contributed by atoms with Crippen molar-refractivity contribution in [2.45, 2.75) is 33.6 Å². The van der Waals surface area contributed by atoms with E-state index in [4.69, 9.17) is 9.15 Å². The number of benzene rings is 1. The van der Waals surface area contributed by atoms with Gasteiger partial charge in [0.1, 0.15) is 5.75 Å². The van der Waals surface area contributed by atoms with Gasteiger partial charge in [-0.15, -0.1) is 0 Å². The molecule has 0 radical (unpaired) electrons. The molecule has 28 heavy (non-hydrogen) atoms. The number of aryl methyl sites for hydroxylation is 1. The maximum Gasteiger partial charge on any atom is 0.414 e. The van der Waals surface area contributed by atoms with Gasteiger partial charge in [0.2, 0.25) is 5.95 Å². The Morgan fingerprint density at radius 1 is 1.32 bits per heavy atom. The first-order valence-electron chi connectivity index (χ1n) is 9.22. The van der Waals surface area contributed by atoms with Gasteiger partial charge in [0, 0.05) is 18.0 Å². The largest absolute Gasteiger partial charge is 0.496 e. The van der Waals surface area contributed by atoms with E-state index in [0.717, 1.165) is 23.1 Å². The molecule has 0 unspecified atom stereocenters. The molecule has 0 aliphatic heterocycles. The number of amides is 1. The van der Waals surface area contributed by atoms with Crippen molar-refractivity contribution < 1.29 is 19.1 Å². The average Bonchev–Trinajstić information content (AvgIpc) is 3.20. The number of hydrogen-bond acceptors (Lipinski definition) is 6. The number of carbonyl (C=O) groups is 1. The number of rotatable bonds is 7. The Morgan fingerprint density at radius 3 is 2.68 bits per heavy atom. The molecule has 3 aromatic rings. The van der Waals surface area contributed by atoms with Crippen molar-refractivity contribution in [3.63, 3.8) is 0 Å². The highest BCUT2D eigenvalue weighted by Crippen LogP contribution is 2.35. The van der Waals surface area contributed by atoms with Crippen LogP contribution in [0, 0.1) is 5.92 Å². The van der Waals surface area contributed by atoms with Crippen LogP contribution in [-0.2, 0) is 6.42 Å². The van der Waals surface area contributed by atoms with Crippen LogP contribution < -0.4 is 9.64 Å². The van der Waals surface area contributed by atoms with E-state index in [1.807, 2.05) is 13.0 Å². The van der Waals surface area contributed by atoms with Gasteiger partial charge in [0.05, 0.1) is 30.1 Å². The van der Waals surface area contributed by atoms with Gasteiger partial charge in [-0.05, 0) is 24.8 Å². The summed E-state index contributed by atoms with van der Waals surface area (Å²) in [7, 11) is 1.57. The molecule has 0 fully saturated rings. The van der Waals surface area contributed by atoms with Gasteiger partial charge in [-0.3, -0.25) is 0 Å². The van der Waals surface area contributed by atoms with Crippen LogP contribution in [0.4, 0.5) is 10.7 Å². The lowest BCUT2D eigenvalue weighted by atomic mass is 10.1. The number of nitrogens with zero attached hydrogens (tertiary/aromatic N) is 4. The van der Waals surface area contributed by atoms with Crippen molar-refractivity contribution in [3.8, 4) is 17.1 Å². The minimum atomic E-state index is -1.06. The summed E-state index contributed by atoms with van der Waals surface area (Å²) in [4.78, 5) is 26.0. The van der Waals surface area contributed by atoms with Crippen molar-refractivity contribution in [1.82, 2.24) is 15.0 Å². The second kappa shape index (κ2) is 8.24. The van der Waals surface area contributed by atoms with Gasteiger partial charge in [0.25, 0.3) is 0 Å². The number of carboxylic acid groups (broad SMARTS) is 1. The summed E-state index contributed by atoms with van der Waals surface area (Å²) in [5.74, 6) is 1.71. The van der Waals surface area contributed by atoms with Gasteiger partial charge >= 0.3 is 6.09 Å². The molecule has 0 saturated heterocycles. The molecule has 148 valence electrons. The quantitative estimate of drug-likeness (QED) is 0.644. The summed E-state index contributed by atoms with van der Waals surface area (Å²) < 4.78 is 10.9. The van der Waals surface area contributed by atoms with Crippen molar-refractivity contribution in [3.05, 3.63) is 30.4 Å². The van der Waals surface area contributed by atoms with Gasteiger partial charge in [0.15, 0.2) is 12.2 Å². The third-order valence-electron chi connectivity index (χ3n) is 4.52. The predicted octanol–water partition coefficient (Wildman–Crippen LogP) is 4.39. The number of methoxy groups -OCH3 is 1. The summed E-state index contributed by atoms with van der Waals surface area (Å²) >= 11 is 0. The molecule has 2 heterocycles. The number of fused-ring (bicyclic) bond motifs is 1. The standard InChI is InChI=1S/C20H24N4O4/c1-5-15-13-8-14(18-10-21-11-28-18)17(27-4)9-16(13)23-19(22-15)24(20(25)26)7-6-12(2)3/h8-12H,5-7H2,1-4H3,(H,25,26). The molecular formula is C20H24N4O4. The summed E-state index contributed by atoms with van der Waals surface area (Å²) in [5.41, 5.74) is 2.13. The van der Waals surface area contributed by atoms with E-state index >= 15 is 0 Å². The number of anilines is 1. The van der Waals surface area contributed by atoms with E-state index in [9.17, 15) is 9.90 Å². The Labute approximate surface area is 163 Å². The summed E-state index contributed by atoms with van der Waals surface area (Å²) in [5, 5.41) is 10.5. The molecule has 0 atom stereocenters. The Bertz CT molecular complexity index is 970. The maximum atomic E-state index is 11.8. The number of hydrogen-bond donors (Lipinski definition) is 1. The van der Waals surface area contributed by atoms with Crippen LogP contribution in [-0.4, -0.2) is 39.8 Å². The smallest absolute Gasteiger partial charge is 0.414 e. The first kappa shape index (κ1) is 19.6. The van der Waals surface area contributed by atoms with Gasteiger partial charge in [-0.2, -0.15) is 0 Å². The van der Waals surface area contributed by atoms with E-state index in [0.29, 0.717) is 35.9 Å². The zero-order valence-corrected chi connectivity index (χ0v) is 16.5. The van der Waals surface area contributed by atoms with Crippen molar-refractivity contribution in [1.29, 1.82) is 0 Å². The lowest BCUT2D eigenvalue weighted by Crippen LogP contribution is -2.32. The third-order valence-corrected chi connectivity index (χ3v) is 4.52. The second-order valence-corrected chi connectivity index (χ2v) is 6.88. The van der Waals surface area contributed by atoms with Crippen LogP contribution in [0.2, 0.25) is 0 Å². The zero-order valence-electron chi connectivity index (χ0n) is 16.5. The number of ether oxygens (including phenoxy) is 1. The van der Waals surface area contributed by atoms with Crippen molar-refractivity contribution in [2.24, 2.45) is 5.92 Å². The summed E-state index contributed by atoms with van der Waals surface area (Å²) in [6, 6.07) is 3.68. The molecule has 1 aromatic carbocycles. The molecule has 2 aromatic heterocycles. The molecule has 0 spiro atoms. The van der Waals surface area contributed by atoms with Crippen molar-refractivity contribution >= 4 is 22.9 Å². The molecule has 1 amide bonds. The van der Waals surface area contributed by atoms with Gasteiger partial charge < -0.3 is 14.3 Å². The Morgan fingerprint density at radius 2 is 2.11 bits per heavy atom. The molecule has 1 N–H and O–H groups in total. The van der Waals surface area contributed by atoms with Crippen LogP contribution in [0.5, 0.6) is 5.75 Å². The Kier molecular flexibility index (Phi) is 5.77. The van der Waals surface area contributed by atoms with Crippen LogP contribution in [0.1, 0.15) is 32.9 Å². The molecule has 3 rings (SSSR count). The first-order valence-corrected chi connectivity index (χ1v) is 9.22. The molecular weight excluding hydrogens is 360 g/mol. The Hall–Kier alpha value is -3.16. The van der Waals surface area contributed by atoms with Crippen LogP contribution in [0.15, 0.2) is 29.1 Å². The van der Waals surface area contributed by atoms with Crippen LogP contribution >= 0.6 is 0 Å². The minimum absolute atomic E-state index is 0.187. The third kappa shape index (κ3) is 3.90. The van der Waals surface area contributed by atoms with E-state index in [2.05, 4.69) is 28.8 Å². The van der Waals surface area contributed by atoms with Crippen LogP contribution in [0.25, 0.3) is 22.2 Å². The summed E-state index contributed by atoms with van der Waals surface area (Å²) in [6.45, 7) is 6.42. The summed E-state index contributed by atoms with van der Waals surface area (Å²) in [6.07, 6.45) is 3.27. The molecule has 0 bridgehead atoms. The highest BCUT2D eigenvalue weighted by Gasteiger charge is 2.21. The van der Waals surface area contributed by atoms with Gasteiger partial charge in [-0.1, -0.05) is 20.8 Å². The fraction of sp³-hybridized carbons (Fsp3) is 0.400. The minimum Gasteiger partial charge on any atom is -0.496 e. The predicted molar refractivity (Wildman–Crippen MR) is 106 cm³/mol. The number of oxazole rings is 1. The fourth-order valence-corrected chi connectivity index (χ4v) is 2.98. The van der Waals surface area contributed by atoms with E-state index in [1.54, 1.807) is 19.4 Å². The van der Waals surface area contributed by atoms with Crippen molar-refractivity contribution in [2.75, 3.05) is 18.6 Å². The first-order chi connectivity index (χ1) is 13.4. The highest BCUT2D eigenvalue weighted by atomic mass is 16.5. The zero-order chi connectivity index (χ0) is 20.3. The maximum absolute atomic E-state index is 11.8. The molecule has 8 heteroatoms. The fourth-order valence-electron chi connectivity index (χ4n) is 2.98. The molecule has 0 saturated carbocycles. The van der Waals surface area contributed by atoms with E-state index in [1.165, 1.54) is 11.3 Å². The van der Waals surface area contributed by atoms with Gasteiger partial charge in [-0.25, -0.2) is 24.6 Å². The normalized spacial score (nSPS) is 11.2. The van der Waals surface area contributed by atoms with Crippen LogP contribution in [0.3, 0.4) is 0 Å². The highest BCUT2D eigenvalue weighted by molar-refractivity contribution is 5.91.